The number of alkyl halides is 2. The third-order valence-corrected chi connectivity index (χ3v) is 5.30. The van der Waals surface area contributed by atoms with E-state index < -0.39 is 12.2 Å². The van der Waals surface area contributed by atoms with Crippen LogP contribution in [-0.2, 0) is 4.79 Å². The van der Waals surface area contributed by atoms with Crippen molar-refractivity contribution in [3.8, 4) is 0 Å². The van der Waals surface area contributed by atoms with E-state index in [2.05, 4.69) is 15.1 Å². The summed E-state index contributed by atoms with van der Waals surface area (Å²) in [5.74, 6) is 0.201. The molecule has 0 bridgehead atoms. The molecule has 5 rings (SSSR count). The molecule has 144 valence electrons. The van der Waals surface area contributed by atoms with Crippen molar-refractivity contribution < 1.29 is 13.6 Å². The summed E-state index contributed by atoms with van der Waals surface area (Å²) in [5.41, 5.74) is 1.33. The van der Waals surface area contributed by atoms with E-state index in [1.165, 1.54) is 0 Å². The van der Waals surface area contributed by atoms with Crippen LogP contribution in [0.4, 0.5) is 20.3 Å². The number of para-hydroxylation sites is 1. The number of rotatable bonds is 4. The van der Waals surface area contributed by atoms with Crippen LogP contribution in [0.25, 0.3) is 10.9 Å². The highest BCUT2D eigenvalue weighted by atomic mass is 19.3. The van der Waals surface area contributed by atoms with Gasteiger partial charge in [-0.2, -0.15) is 5.10 Å². The number of hydrogen-bond acceptors (Lipinski definition) is 5. The van der Waals surface area contributed by atoms with Crippen LogP contribution in [0.2, 0.25) is 0 Å². The van der Waals surface area contributed by atoms with E-state index in [1.54, 1.807) is 23.2 Å². The van der Waals surface area contributed by atoms with Gasteiger partial charge in [-0.05, 0) is 18.6 Å². The largest absolute Gasteiger partial charge is 0.352 e. The molecule has 0 atom stereocenters. The lowest BCUT2D eigenvalue weighted by molar-refractivity contribution is -0.117. The van der Waals surface area contributed by atoms with Crippen LogP contribution in [0.3, 0.4) is 0 Å². The highest BCUT2D eigenvalue weighted by molar-refractivity contribution is 5.95. The van der Waals surface area contributed by atoms with E-state index >= 15 is 0 Å². The van der Waals surface area contributed by atoms with Crippen LogP contribution in [0.5, 0.6) is 0 Å². The van der Waals surface area contributed by atoms with Gasteiger partial charge < -0.3 is 9.80 Å². The first-order valence-electron chi connectivity index (χ1n) is 9.24. The number of hydrogen-bond donors (Lipinski definition) is 0. The molecule has 0 radical (unpaired) electrons. The Balaban J connectivity index is 1.37. The standard InChI is InChI=1S/C19H18F2N6O/c20-17(21)18-23-15-5-2-1-4-14(15)19(24-18)25-9-13(10-25)27-11-12(8-22-27)26-7-3-6-16(26)28/h1-2,4-5,8,11,13,17H,3,6-7,9-10H2. The van der Waals surface area contributed by atoms with Gasteiger partial charge in [0.05, 0.1) is 23.4 Å². The minimum Gasteiger partial charge on any atom is -0.352 e. The highest BCUT2D eigenvalue weighted by Crippen LogP contribution is 2.33. The SMILES string of the molecule is O=C1CCCN1c1cnn(C2CN(c3nc(C(F)F)nc4ccccc34)C2)c1. The van der Waals surface area contributed by atoms with Crippen LogP contribution in [0.15, 0.2) is 36.7 Å². The Labute approximate surface area is 159 Å². The molecule has 0 spiro atoms. The van der Waals surface area contributed by atoms with Gasteiger partial charge in [-0.15, -0.1) is 0 Å². The van der Waals surface area contributed by atoms with Gasteiger partial charge in [-0.1, -0.05) is 12.1 Å². The van der Waals surface area contributed by atoms with Gasteiger partial charge in [0.15, 0.2) is 5.82 Å². The average molecular weight is 384 g/mol. The quantitative estimate of drug-likeness (QED) is 0.692. The lowest BCUT2D eigenvalue weighted by atomic mass is 10.1. The Morgan fingerprint density at radius 1 is 1.14 bits per heavy atom. The Kier molecular flexibility index (Phi) is 3.96. The third kappa shape index (κ3) is 2.78. The van der Waals surface area contributed by atoms with Crippen molar-refractivity contribution in [2.24, 2.45) is 0 Å². The molecule has 9 heteroatoms. The zero-order chi connectivity index (χ0) is 19.3. The van der Waals surface area contributed by atoms with Crippen molar-refractivity contribution in [2.75, 3.05) is 29.4 Å². The fourth-order valence-corrected chi connectivity index (χ4v) is 3.80. The maximum Gasteiger partial charge on any atom is 0.297 e. The molecular formula is C19H18F2N6O. The second kappa shape index (κ2) is 6.50. The first-order chi connectivity index (χ1) is 13.6. The van der Waals surface area contributed by atoms with Crippen molar-refractivity contribution in [3.05, 3.63) is 42.5 Å². The molecule has 2 fully saturated rings. The molecule has 2 saturated heterocycles. The van der Waals surface area contributed by atoms with Gasteiger partial charge in [0, 0.05) is 37.6 Å². The zero-order valence-electron chi connectivity index (χ0n) is 15.0. The van der Waals surface area contributed by atoms with E-state index in [0.717, 1.165) is 24.0 Å². The number of amides is 1. The van der Waals surface area contributed by atoms with E-state index in [4.69, 9.17) is 0 Å². The first kappa shape index (κ1) is 17.0. The van der Waals surface area contributed by atoms with Crippen LogP contribution >= 0.6 is 0 Å². The molecule has 2 aliphatic rings. The van der Waals surface area contributed by atoms with Crippen LogP contribution in [0, 0.1) is 0 Å². The summed E-state index contributed by atoms with van der Waals surface area (Å²) in [6, 6.07) is 7.30. The predicted molar refractivity (Wildman–Crippen MR) is 99.6 cm³/mol. The lowest BCUT2D eigenvalue weighted by Crippen LogP contribution is -2.48. The summed E-state index contributed by atoms with van der Waals surface area (Å²) in [6.45, 7) is 1.95. The van der Waals surface area contributed by atoms with Gasteiger partial charge in [-0.25, -0.2) is 18.7 Å². The normalized spacial score (nSPS) is 17.8. The van der Waals surface area contributed by atoms with Gasteiger partial charge >= 0.3 is 0 Å². The van der Waals surface area contributed by atoms with E-state index in [-0.39, 0.29) is 11.9 Å². The molecule has 7 nitrogen and oxygen atoms in total. The minimum absolute atomic E-state index is 0.107. The van der Waals surface area contributed by atoms with Gasteiger partial charge in [0.25, 0.3) is 6.43 Å². The van der Waals surface area contributed by atoms with Crippen molar-refractivity contribution in [3.63, 3.8) is 0 Å². The molecular weight excluding hydrogens is 366 g/mol. The summed E-state index contributed by atoms with van der Waals surface area (Å²) in [4.78, 5) is 23.7. The van der Waals surface area contributed by atoms with Crippen molar-refractivity contribution in [1.82, 2.24) is 19.7 Å². The number of halogens is 2. The van der Waals surface area contributed by atoms with E-state index in [1.807, 2.05) is 27.9 Å². The number of anilines is 2. The summed E-state index contributed by atoms with van der Waals surface area (Å²) >= 11 is 0. The number of aromatic nitrogens is 4. The zero-order valence-corrected chi connectivity index (χ0v) is 15.0. The summed E-state index contributed by atoms with van der Waals surface area (Å²) < 4.78 is 28.2. The molecule has 0 aliphatic carbocycles. The Bertz CT molecular complexity index is 1050. The van der Waals surface area contributed by atoms with Gasteiger partial charge in [0.1, 0.15) is 5.82 Å². The van der Waals surface area contributed by atoms with Crippen LogP contribution in [0.1, 0.15) is 31.1 Å². The smallest absolute Gasteiger partial charge is 0.297 e. The fraction of sp³-hybridized carbons (Fsp3) is 0.368. The van der Waals surface area contributed by atoms with Crippen molar-refractivity contribution in [2.45, 2.75) is 25.3 Å². The monoisotopic (exact) mass is 384 g/mol. The molecule has 0 unspecified atom stereocenters. The molecule has 3 aromatic rings. The fourth-order valence-electron chi connectivity index (χ4n) is 3.80. The summed E-state index contributed by atoms with van der Waals surface area (Å²) in [7, 11) is 0. The lowest BCUT2D eigenvalue weighted by Gasteiger charge is -2.40. The van der Waals surface area contributed by atoms with E-state index in [9.17, 15) is 13.6 Å². The minimum atomic E-state index is -2.72. The maximum atomic E-state index is 13.2. The Hall–Kier alpha value is -3.10. The Morgan fingerprint density at radius 2 is 1.96 bits per heavy atom. The second-order valence-electron chi connectivity index (χ2n) is 7.11. The van der Waals surface area contributed by atoms with Crippen molar-refractivity contribution >= 4 is 28.3 Å². The topological polar surface area (TPSA) is 67.2 Å². The molecule has 0 saturated carbocycles. The molecule has 28 heavy (non-hydrogen) atoms. The number of fused-ring (bicyclic) bond motifs is 1. The number of nitrogens with zero attached hydrogens (tertiary/aromatic N) is 6. The molecule has 1 amide bonds. The average Bonchev–Trinajstić information content (AvgIpc) is 3.29. The summed E-state index contributed by atoms with van der Waals surface area (Å²) in [6.07, 6.45) is 2.32. The third-order valence-electron chi connectivity index (χ3n) is 5.30. The molecule has 0 N–H and O–H groups in total. The highest BCUT2D eigenvalue weighted by Gasteiger charge is 2.33. The van der Waals surface area contributed by atoms with E-state index in [0.29, 0.717) is 30.8 Å². The van der Waals surface area contributed by atoms with Crippen molar-refractivity contribution in [1.29, 1.82) is 0 Å². The molecule has 1 aromatic carbocycles. The Morgan fingerprint density at radius 3 is 2.71 bits per heavy atom. The number of benzene rings is 1. The van der Waals surface area contributed by atoms with Gasteiger partial charge in [-0.3, -0.25) is 9.48 Å². The molecule has 4 heterocycles. The number of carbonyl (C=O) groups is 1. The molecule has 2 aromatic heterocycles. The van der Waals surface area contributed by atoms with Crippen LogP contribution in [-0.4, -0.2) is 45.3 Å². The van der Waals surface area contributed by atoms with Gasteiger partial charge in [0.2, 0.25) is 5.91 Å². The number of carbonyl (C=O) groups excluding carboxylic acids is 1. The van der Waals surface area contributed by atoms with Crippen LogP contribution < -0.4 is 9.80 Å². The maximum absolute atomic E-state index is 13.2. The predicted octanol–water partition coefficient (Wildman–Crippen LogP) is 2.95. The summed E-state index contributed by atoms with van der Waals surface area (Å²) in [5, 5.41) is 5.16. The molecule has 2 aliphatic heterocycles. The second-order valence-corrected chi connectivity index (χ2v) is 7.11. The first-order valence-corrected chi connectivity index (χ1v) is 9.24.